The molecule has 1 atom stereocenters. The third kappa shape index (κ3) is 4.82. The molecular formula is C21H24ClN5O2S. The van der Waals surface area contributed by atoms with Gasteiger partial charge in [0.1, 0.15) is 5.76 Å². The zero-order chi connectivity index (χ0) is 20.9. The van der Waals surface area contributed by atoms with E-state index < -0.39 is 0 Å². The van der Waals surface area contributed by atoms with E-state index in [-0.39, 0.29) is 17.7 Å². The molecule has 2 aromatic heterocycles. The van der Waals surface area contributed by atoms with E-state index in [9.17, 15) is 4.79 Å². The second kappa shape index (κ2) is 9.57. The standard InChI is InChI=1S/C21H24ClN5O2S/c1-15(17-8-2-3-9-18(17)22)23-19(28)14-30-21-25-24-20(26-10-4-5-11-26)27(21)13-16-7-6-12-29-16/h2-3,6-9,12,15H,4-5,10-11,13-14H2,1H3,(H,23,28). The van der Waals surface area contributed by atoms with E-state index in [0.717, 1.165) is 43.2 Å². The summed E-state index contributed by atoms with van der Waals surface area (Å²) in [6.45, 7) is 4.40. The molecule has 1 fully saturated rings. The van der Waals surface area contributed by atoms with Crippen molar-refractivity contribution in [1.29, 1.82) is 0 Å². The molecule has 1 aliphatic heterocycles. The Hall–Kier alpha value is -2.45. The number of furan rings is 1. The van der Waals surface area contributed by atoms with E-state index in [1.165, 1.54) is 11.8 Å². The molecule has 3 aromatic rings. The first kappa shape index (κ1) is 20.8. The van der Waals surface area contributed by atoms with E-state index in [1.54, 1.807) is 6.26 Å². The van der Waals surface area contributed by atoms with Gasteiger partial charge >= 0.3 is 0 Å². The Morgan fingerprint density at radius 1 is 1.23 bits per heavy atom. The Kier molecular flexibility index (Phi) is 6.64. The van der Waals surface area contributed by atoms with Crippen LogP contribution < -0.4 is 10.2 Å². The van der Waals surface area contributed by atoms with Gasteiger partial charge in [-0.05, 0) is 43.5 Å². The fraction of sp³-hybridized carbons (Fsp3) is 0.381. The second-order valence-corrected chi connectivity index (χ2v) is 8.59. The lowest BCUT2D eigenvalue weighted by atomic mass is 10.1. The number of carbonyl (C=O) groups is 1. The van der Waals surface area contributed by atoms with Crippen LogP contribution in [-0.4, -0.2) is 39.5 Å². The highest BCUT2D eigenvalue weighted by Crippen LogP contribution is 2.26. The molecule has 1 amide bonds. The van der Waals surface area contributed by atoms with Crippen LogP contribution in [0.1, 0.15) is 37.1 Å². The predicted octanol–water partition coefficient (Wildman–Crippen LogP) is 4.14. The largest absolute Gasteiger partial charge is 0.467 e. The van der Waals surface area contributed by atoms with E-state index in [2.05, 4.69) is 20.4 Å². The third-order valence-electron chi connectivity index (χ3n) is 5.06. The first-order valence-electron chi connectivity index (χ1n) is 9.99. The van der Waals surface area contributed by atoms with Gasteiger partial charge in [-0.3, -0.25) is 9.36 Å². The number of rotatable bonds is 8. The summed E-state index contributed by atoms with van der Waals surface area (Å²) in [4.78, 5) is 14.8. The van der Waals surface area contributed by atoms with Crippen molar-refractivity contribution in [3.05, 3.63) is 59.0 Å². The van der Waals surface area contributed by atoms with Gasteiger partial charge in [-0.2, -0.15) is 0 Å². The molecule has 9 heteroatoms. The number of carbonyl (C=O) groups excluding carboxylic acids is 1. The number of amides is 1. The number of aromatic nitrogens is 3. The lowest BCUT2D eigenvalue weighted by Gasteiger charge is -2.18. The molecule has 158 valence electrons. The smallest absolute Gasteiger partial charge is 0.230 e. The number of anilines is 1. The normalized spacial score (nSPS) is 14.8. The predicted molar refractivity (Wildman–Crippen MR) is 118 cm³/mol. The average Bonchev–Trinajstić information content (AvgIpc) is 3.49. The van der Waals surface area contributed by atoms with E-state index >= 15 is 0 Å². The summed E-state index contributed by atoms with van der Waals surface area (Å²) < 4.78 is 7.55. The SMILES string of the molecule is CC(NC(=O)CSc1nnc(N2CCCC2)n1Cc1ccco1)c1ccccc1Cl. The molecule has 1 saturated heterocycles. The fourth-order valence-corrected chi connectivity index (χ4v) is 4.60. The first-order chi connectivity index (χ1) is 14.6. The van der Waals surface area contributed by atoms with Gasteiger partial charge < -0.3 is 14.6 Å². The number of hydrogen-bond donors (Lipinski definition) is 1. The van der Waals surface area contributed by atoms with Crippen LogP contribution in [0.25, 0.3) is 0 Å². The van der Waals surface area contributed by atoms with Crippen LogP contribution in [0.3, 0.4) is 0 Å². The van der Waals surface area contributed by atoms with Crippen molar-refractivity contribution in [2.24, 2.45) is 0 Å². The number of halogens is 1. The van der Waals surface area contributed by atoms with Gasteiger partial charge in [0.05, 0.1) is 24.6 Å². The lowest BCUT2D eigenvalue weighted by molar-refractivity contribution is -0.119. The quantitative estimate of drug-likeness (QED) is 0.525. The van der Waals surface area contributed by atoms with Gasteiger partial charge in [0, 0.05) is 18.1 Å². The highest BCUT2D eigenvalue weighted by atomic mass is 35.5. The third-order valence-corrected chi connectivity index (χ3v) is 6.37. The van der Waals surface area contributed by atoms with Crippen molar-refractivity contribution in [3.8, 4) is 0 Å². The van der Waals surface area contributed by atoms with Crippen molar-refractivity contribution < 1.29 is 9.21 Å². The van der Waals surface area contributed by atoms with Crippen molar-refractivity contribution >= 4 is 35.2 Å². The number of hydrogen-bond acceptors (Lipinski definition) is 6. The highest BCUT2D eigenvalue weighted by Gasteiger charge is 2.23. The molecule has 3 heterocycles. The number of thioether (sulfide) groups is 1. The number of nitrogens with zero attached hydrogens (tertiary/aromatic N) is 4. The summed E-state index contributed by atoms with van der Waals surface area (Å²) in [7, 11) is 0. The maximum absolute atomic E-state index is 12.5. The Bertz CT molecular complexity index is 985. The second-order valence-electron chi connectivity index (χ2n) is 7.24. The van der Waals surface area contributed by atoms with Crippen molar-refractivity contribution in [1.82, 2.24) is 20.1 Å². The molecule has 0 bridgehead atoms. The highest BCUT2D eigenvalue weighted by molar-refractivity contribution is 7.99. The number of benzene rings is 1. The lowest BCUT2D eigenvalue weighted by Crippen LogP contribution is -2.28. The molecule has 1 aliphatic rings. The van der Waals surface area contributed by atoms with Gasteiger partial charge in [0.2, 0.25) is 11.9 Å². The van der Waals surface area contributed by atoms with E-state index in [0.29, 0.717) is 16.7 Å². The van der Waals surface area contributed by atoms with Crippen molar-refractivity contribution in [3.63, 3.8) is 0 Å². The van der Waals surface area contributed by atoms with Crippen molar-refractivity contribution in [2.45, 2.75) is 37.5 Å². The summed E-state index contributed by atoms with van der Waals surface area (Å²) >= 11 is 7.61. The Balaban J connectivity index is 1.43. The fourth-order valence-electron chi connectivity index (χ4n) is 3.55. The van der Waals surface area contributed by atoms with Gasteiger partial charge in [-0.1, -0.05) is 41.6 Å². The molecule has 1 N–H and O–H groups in total. The van der Waals surface area contributed by atoms with Gasteiger partial charge in [-0.25, -0.2) is 0 Å². The average molecular weight is 446 g/mol. The molecule has 0 spiro atoms. The molecule has 30 heavy (non-hydrogen) atoms. The van der Waals surface area contributed by atoms with Gasteiger partial charge in [0.15, 0.2) is 5.16 Å². The Morgan fingerprint density at radius 3 is 2.77 bits per heavy atom. The summed E-state index contributed by atoms with van der Waals surface area (Å²) in [5.41, 5.74) is 0.898. The summed E-state index contributed by atoms with van der Waals surface area (Å²) in [6, 6.07) is 11.2. The van der Waals surface area contributed by atoms with Crippen LogP contribution >= 0.6 is 23.4 Å². The molecule has 1 unspecified atom stereocenters. The maximum atomic E-state index is 12.5. The summed E-state index contributed by atoms with van der Waals surface area (Å²) in [5, 5.41) is 13.1. The molecule has 1 aromatic carbocycles. The van der Waals surface area contributed by atoms with E-state index in [4.69, 9.17) is 16.0 Å². The van der Waals surface area contributed by atoms with Crippen LogP contribution in [0.5, 0.6) is 0 Å². The monoisotopic (exact) mass is 445 g/mol. The maximum Gasteiger partial charge on any atom is 0.230 e. The van der Waals surface area contributed by atoms with Gasteiger partial charge in [-0.15, -0.1) is 10.2 Å². The molecule has 0 aliphatic carbocycles. The van der Waals surface area contributed by atoms with Crippen LogP contribution in [0.2, 0.25) is 5.02 Å². The molecule has 4 rings (SSSR count). The zero-order valence-electron chi connectivity index (χ0n) is 16.8. The Labute approximate surface area is 184 Å². The van der Waals surface area contributed by atoms with Gasteiger partial charge in [0.25, 0.3) is 0 Å². The van der Waals surface area contributed by atoms with E-state index in [1.807, 2.05) is 47.9 Å². The number of nitrogens with one attached hydrogen (secondary N) is 1. The van der Waals surface area contributed by atoms with Crippen LogP contribution in [-0.2, 0) is 11.3 Å². The minimum Gasteiger partial charge on any atom is -0.467 e. The first-order valence-corrected chi connectivity index (χ1v) is 11.4. The molecule has 0 saturated carbocycles. The Morgan fingerprint density at radius 2 is 2.03 bits per heavy atom. The van der Waals surface area contributed by atoms with Crippen molar-refractivity contribution in [2.75, 3.05) is 23.7 Å². The minimum atomic E-state index is -0.173. The van der Waals surface area contributed by atoms with Crippen LogP contribution in [0, 0.1) is 0 Å². The summed E-state index contributed by atoms with van der Waals surface area (Å²) in [5.74, 6) is 1.82. The zero-order valence-corrected chi connectivity index (χ0v) is 18.3. The van der Waals surface area contributed by atoms with Crippen LogP contribution in [0.15, 0.2) is 52.2 Å². The summed E-state index contributed by atoms with van der Waals surface area (Å²) in [6.07, 6.45) is 3.96. The minimum absolute atomic E-state index is 0.0808. The topological polar surface area (TPSA) is 76.2 Å². The van der Waals surface area contributed by atoms with Crippen LogP contribution in [0.4, 0.5) is 5.95 Å². The molecular weight excluding hydrogens is 422 g/mol. The molecule has 7 nitrogen and oxygen atoms in total. The molecule has 0 radical (unpaired) electrons.